The fourth-order valence-electron chi connectivity index (χ4n) is 1.56. The minimum atomic E-state index is -1.23. The highest BCUT2D eigenvalue weighted by molar-refractivity contribution is 9.10. The van der Waals surface area contributed by atoms with E-state index in [9.17, 15) is 4.21 Å². The van der Waals surface area contributed by atoms with Crippen LogP contribution in [0.25, 0.3) is 0 Å². The van der Waals surface area contributed by atoms with Gasteiger partial charge in [0.1, 0.15) is 0 Å². The van der Waals surface area contributed by atoms with Crippen molar-refractivity contribution in [3.63, 3.8) is 0 Å². The van der Waals surface area contributed by atoms with Crippen LogP contribution in [0.1, 0.15) is 5.56 Å². The molecule has 100 valence electrons. The maximum absolute atomic E-state index is 12.3. The number of nitrogens with two attached hydrogens (primary N) is 1. The Morgan fingerprint density at radius 3 is 2.53 bits per heavy atom. The number of hydrogen-bond donors (Lipinski definition) is 1. The third kappa shape index (κ3) is 3.72. The third-order valence-electron chi connectivity index (χ3n) is 2.50. The molecule has 1 unspecified atom stereocenters. The van der Waals surface area contributed by atoms with E-state index in [4.69, 9.17) is 28.9 Å². The van der Waals surface area contributed by atoms with Crippen LogP contribution >= 0.6 is 39.1 Å². The summed E-state index contributed by atoms with van der Waals surface area (Å²) in [6.45, 7) is 0. The largest absolute Gasteiger partial charge is 0.398 e. The van der Waals surface area contributed by atoms with Crippen LogP contribution in [0, 0.1) is 0 Å². The second-order valence-electron chi connectivity index (χ2n) is 3.92. The molecule has 0 aromatic heterocycles. The molecule has 2 rings (SSSR count). The van der Waals surface area contributed by atoms with Gasteiger partial charge in [0, 0.05) is 10.2 Å². The summed E-state index contributed by atoms with van der Waals surface area (Å²) < 4.78 is 13.2. The molecule has 0 spiro atoms. The Morgan fingerprint density at radius 1 is 1.11 bits per heavy atom. The lowest BCUT2D eigenvalue weighted by molar-refractivity contribution is 0.683. The number of anilines is 1. The second kappa shape index (κ2) is 6.27. The maximum Gasteiger partial charge on any atom is 0.0632 e. The zero-order valence-electron chi connectivity index (χ0n) is 9.70. The van der Waals surface area contributed by atoms with Crippen molar-refractivity contribution in [1.82, 2.24) is 0 Å². The molecule has 19 heavy (non-hydrogen) atoms. The van der Waals surface area contributed by atoms with Crippen LogP contribution in [0.4, 0.5) is 5.69 Å². The highest BCUT2D eigenvalue weighted by Crippen LogP contribution is 2.26. The van der Waals surface area contributed by atoms with Crippen LogP contribution in [-0.2, 0) is 16.6 Å². The topological polar surface area (TPSA) is 43.1 Å². The van der Waals surface area contributed by atoms with Crippen molar-refractivity contribution >= 4 is 55.6 Å². The van der Waals surface area contributed by atoms with Gasteiger partial charge in [-0.2, -0.15) is 0 Å². The van der Waals surface area contributed by atoms with E-state index >= 15 is 0 Å². The lowest BCUT2D eigenvalue weighted by atomic mass is 10.2. The van der Waals surface area contributed by atoms with Gasteiger partial charge >= 0.3 is 0 Å². The minimum absolute atomic E-state index is 0.345. The quantitative estimate of drug-likeness (QED) is 0.790. The van der Waals surface area contributed by atoms with E-state index in [2.05, 4.69) is 15.9 Å². The lowest BCUT2D eigenvalue weighted by Gasteiger charge is -2.07. The monoisotopic (exact) mass is 377 g/mol. The van der Waals surface area contributed by atoms with Crippen LogP contribution in [-0.4, -0.2) is 4.21 Å². The molecule has 1 atom stereocenters. The minimum Gasteiger partial charge on any atom is -0.398 e. The molecule has 0 saturated heterocycles. The van der Waals surface area contributed by atoms with Crippen LogP contribution in [0.2, 0.25) is 10.0 Å². The van der Waals surface area contributed by atoms with Gasteiger partial charge in [-0.15, -0.1) is 0 Å². The summed E-state index contributed by atoms with van der Waals surface area (Å²) in [4.78, 5) is 0.612. The summed E-state index contributed by atoms with van der Waals surface area (Å²) in [5.74, 6) is 0.345. The van der Waals surface area contributed by atoms with Crippen molar-refractivity contribution < 1.29 is 4.21 Å². The molecular formula is C13H10BrCl2NOS. The van der Waals surface area contributed by atoms with Gasteiger partial charge in [-0.05, 0) is 35.9 Å². The first kappa shape index (κ1) is 14.9. The van der Waals surface area contributed by atoms with Crippen LogP contribution < -0.4 is 5.73 Å². The Balaban J connectivity index is 2.25. The van der Waals surface area contributed by atoms with Gasteiger partial charge in [-0.1, -0.05) is 45.2 Å². The van der Waals surface area contributed by atoms with Crippen molar-refractivity contribution in [3.8, 4) is 0 Å². The third-order valence-corrected chi connectivity index (χ3v) is 5.17. The van der Waals surface area contributed by atoms with Crippen molar-refractivity contribution in [2.75, 3.05) is 5.73 Å². The first-order valence-electron chi connectivity index (χ1n) is 5.34. The normalized spacial score (nSPS) is 12.4. The number of rotatable bonds is 3. The lowest BCUT2D eigenvalue weighted by Crippen LogP contribution is -2.01. The van der Waals surface area contributed by atoms with Crippen molar-refractivity contribution in [1.29, 1.82) is 0 Å². The van der Waals surface area contributed by atoms with Crippen LogP contribution in [0.15, 0.2) is 45.8 Å². The summed E-state index contributed by atoms with van der Waals surface area (Å²) in [5.41, 5.74) is 7.21. The van der Waals surface area contributed by atoms with E-state index in [1.165, 1.54) is 0 Å². The molecule has 0 bridgehead atoms. The molecule has 0 fully saturated rings. The standard InChI is InChI=1S/C13H10BrCl2NOS/c14-9-2-4-12(17)13(6-9)19(18)7-8-1-3-10(15)11(16)5-8/h1-6H,7,17H2. The van der Waals surface area contributed by atoms with E-state index in [0.29, 0.717) is 26.4 Å². The van der Waals surface area contributed by atoms with E-state index in [1.807, 2.05) is 6.07 Å². The number of halogens is 3. The molecule has 0 aliphatic carbocycles. The molecule has 0 saturated carbocycles. The maximum atomic E-state index is 12.3. The first-order valence-corrected chi connectivity index (χ1v) is 8.21. The molecule has 2 aromatic rings. The Kier molecular flexibility index (Phi) is 4.90. The van der Waals surface area contributed by atoms with E-state index in [0.717, 1.165) is 10.0 Å². The van der Waals surface area contributed by atoms with E-state index in [1.54, 1.807) is 30.3 Å². The zero-order valence-corrected chi connectivity index (χ0v) is 13.6. The van der Waals surface area contributed by atoms with Crippen molar-refractivity contribution in [2.45, 2.75) is 10.6 Å². The Labute approximate surface area is 132 Å². The molecule has 0 radical (unpaired) electrons. The highest BCUT2D eigenvalue weighted by Gasteiger charge is 2.10. The van der Waals surface area contributed by atoms with E-state index < -0.39 is 10.8 Å². The van der Waals surface area contributed by atoms with Gasteiger partial charge in [0.25, 0.3) is 0 Å². The number of benzene rings is 2. The summed E-state index contributed by atoms with van der Waals surface area (Å²) in [6, 6.07) is 10.5. The SMILES string of the molecule is Nc1ccc(Br)cc1S(=O)Cc1ccc(Cl)c(Cl)c1. The second-order valence-corrected chi connectivity index (χ2v) is 7.07. The van der Waals surface area contributed by atoms with Crippen LogP contribution in [0.5, 0.6) is 0 Å². The highest BCUT2D eigenvalue weighted by atomic mass is 79.9. The molecule has 2 N–H and O–H groups in total. The number of nitrogen functional groups attached to an aromatic ring is 1. The average molecular weight is 379 g/mol. The van der Waals surface area contributed by atoms with Gasteiger partial charge in [-0.25, -0.2) is 0 Å². The fourth-order valence-corrected chi connectivity index (χ4v) is 3.62. The Bertz CT molecular complexity index is 649. The summed E-state index contributed by atoms with van der Waals surface area (Å²) in [7, 11) is -1.23. The van der Waals surface area contributed by atoms with Crippen molar-refractivity contribution in [3.05, 3.63) is 56.5 Å². The van der Waals surface area contributed by atoms with E-state index in [-0.39, 0.29) is 0 Å². The molecule has 0 aliphatic rings. The van der Waals surface area contributed by atoms with Gasteiger partial charge in [0.2, 0.25) is 0 Å². The molecule has 0 heterocycles. The summed E-state index contributed by atoms with van der Waals surface area (Å²) >= 11 is 15.1. The Morgan fingerprint density at radius 2 is 1.84 bits per heavy atom. The molecule has 6 heteroatoms. The number of hydrogen-bond acceptors (Lipinski definition) is 2. The Hall–Kier alpha value is -0.550. The summed E-state index contributed by atoms with van der Waals surface area (Å²) in [6.07, 6.45) is 0. The predicted octanol–water partition coefficient (Wildman–Crippen LogP) is 4.65. The fraction of sp³-hybridized carbons (Fsp3) is 0.0769. The molecular weight excluding hydrogens is 369 g/mol. The average Bonchev–Trinajstić information content (AvgIpc) is 2.36. The molecule has 2 nitrogen and oxygen atoms in total. The molecule has 0 amide bonds. The first-order chi connectivity index (χ1) is 8.97. The van der Waals surface area contributed by atoms with Gasteiger partial charge in [-0.3, -0.25) is 4.21 Å². The predicted molar refractivity (Wildman–Crippen MR) is 85.1 cm³/mol. The smallest absolute Gasteiger partial charge is 0.0632 e. The molecule has 0 aliphatic heterocycles. The van der Waals surface area contributed by atoms with Crippen LogP contribution in [0.3, 0.4) is 0 Å². The zero-order chi connectivity index (χ0) is 14.0. The van der Waals surface area contributed by atoms with Gasteiger partial charge in [0.15, 0.2) is 0 Å². The van der Waals surface area contributed by atoms with Gasteiger partial charge in [0.05, 0.1) is 31.5 Å². The van der Waals surface area contributed by atoms with Gasteiger partial charge < -0.3 is 5.73 Å². The van der Waals surface area contributed by atoms with Crippen molar-refractivity contribution in [2.24, 2.45) is 0 Å². The summed E-state index contributed by atoms with van der Waals surface area (Å²) in [5, 5.41) is 0.941. The molecule has 2 aromatic carbocycles.